The number of hydrogen-bond donors (Lipinski definition) is 2. The lowest BCUT2D eigenvalue weighted by atomic mass is 9.81. The second-order valence-corrected chi connectivity index (χ2v) is 7.94. The third-order valence-corrected chi connectivity index (χ3v) is 5.87. The van der Waals surface area contributed by atoms with Gasteiger partial charge in [-0.15, -0.1) is 0 Å². The van der Waals surface area contributed by atoms with E-state index in [1.165, 1.54) is 5.56 Å². The van der Waals surface area contributed by atoms with Crippen molar-refractivity contribution in [2.24, 2.45) is 11.8 Å². The van der Waals surface area contributed by atoms with Crippen molar-refractivity contribution in [3.63, 3.8) is 0 Å². The molecule has 1 fully saturated rings. The molecule has 0 unspecified atom stereocenters. The normalized spacial score (nSPS) is 19.1. The van der Waals surface area contributed by atoms with Gasteiger partial charge in [-0.25, -0.2) is 0 Å². The minimum atomic E-state index is -0.0477. The molecule has 1 aliphatic rings. The Morgan fingerprint density at radius 3 is 2.25 bits per heavy atom. The number of hydrogen-bond acceptors (Lipinski definition) is 2. The average Bonchev–Trinajstić information content (AvgIpc) is 2.71. The monoisotopic (exact) mass is 398 g/mol. The molecule has 0 aliphatic heterocycles. The molecule has 1 aliphatic carbocycles. The van der Waals surface area contributed by atoms with E-state index in [9.17, 15) is 9.59 Å². The quantitative estimate of drug-likeness (QED) is 0.737. The standard InChI is InChI=1S/C23H27ClN2O2/c1-16-7-12-20(15-21(16)24)26-23(28)19-10-8-18(9-11-19)22(27)25-14-13-17-5-3-2-4-6-17/h2-7,12,15,18-19H,8-11,13-14H2,1H3,(H,25,27)(H,26,28). The van der Waals surface area contributed by atoms with Gasteiger partial charge < -0.3 is 10.6 Å². The molecule has 0 radical (unpaired) electrons. The molecular formula is C23H27ClN2O2. The van der Waals surface area contributed by atoms with Crippen LogP contribution in [0.2, 0.25) is 5.02 Å². The van der Waals surface area contributed by atoms with Crippen LogP contribution in [0.4, 0.5) is 5.69 Å². The Balaban J connectivity index is 1.41. The van der Waals surface area contributed by atoms with E-state index in [0.717, 1.165) is 43.4 Å². The van der Waals surface area contributed by atoms with Crippen molar-refractivity contribution >= 4 is 29.1 Å². The number of benzene rings is 2. The lowest BCUT2D eigenvalue weighted by Crippen LogP contribution is -2.36. The molecule has 0 heterocycles. The molecule has 4 nitrogen and oxygen atoms in total. The first kappa shape index (κ1) is 20.4. The summed E-state index contributed by atoms with van der Waals surface area (Å²) in [5.74, 6) is 0.0880. The molecular weight excluding hydrogens is 372 g/mol. The molecule has 2 aromatic rings. The smallest absolute Gasteiger partial charge is 0.227 e. The first-order valence-corrected chi connectivity index (χ1v) is 10.3. The minimum absolute atomic E-state index is 0.00800. The van der Waals surface area contributed by atoms with E-state index < -0.39 is 0 Å². The predicted molar refractivity (Wildman–Crippen MR) is 113 cm³/mol. The van der Waals surface area contributed by atoms with E-state index in [0.29, 0.717) is 11.6 Å². The van der Waals surface area contributed by atoms with Crippen LogP contribution in [-0.2, 0) is 16.0 Å². The van der Waals surface area contributed by atoms with Gasteiger partial charge in [0.25, 0.3) is 0 Å². The number of nitrogens with one attached hydrogen (secondary N) is 2. The van der Waals surface area contributed by atoms with Gasteiger partial charge in [0.1, 0.15) is 0 Å². The highest BCUT2D eigenvalue weighted by Crippen LogP contribution is 2.30. The summed E-state index contributed by atoms with van der Waals surface area (Å²) in [6.45, 7) is 2.58. The van der Waals surface area contributed by atoms with Gasteiger partial charge in [0.05, 0.1) is 0 Å². The average molecular weight is 399 g/mol. The molecule has 0 saturated heterocycles. The predicted octanol–water partition coefficient (Wildman–Crippen LogP) is 4.75. The van der Waals surface area contributed by atoms with Crippen molar-refractivity contribution in [1.82, 2.24) is 5.32 Å². The van der Waals surface area contributed by atoms with Crippen LogP contribution in [0.15, 0.2) is 48.5 Å². The summed E-state index contributed by atoms with van der Waals surface area (Å²) in [7, 11) is 0. The van der Waals surface area contributed by atoms with Crippen molar-refractivity contribution in [2.75, 3.05) is 11.9 Å². The van der Waals surface area contributed by atoms with Crippen LogP contribution in [0.5, 0.6) is 0 Å². The molecule has 0 bridgehead atoms. The molecule has 0 spiro atoms. The van der Waals surface area contributed by atoms with Gasteiger partial charge in [0.2, 0.25) is 11.8 Å². The van der Waals surface area contributed by atoms with Crippen LogP contribution < -0.4 is 10.6 Å². The Bertz CT molecular complexity index is 815. The van der Waals surface area contributed by atoms with Gasteiger partial charge in [0.15, 0.2) is 0 Å². The van der Waals surface area contributed by atoms with Crippen LogP contribution >= 0.6 is 11.6 Å². The van der Waals surface area contributed by atoms with Gasteiger partial charge >= 0.3 is 0 Å². The summed E-state index contributed by atoms with van der Waals surface area (Å²) in [5, 5.41) is 6.64. The van der Waals surface area contributed by atoms with Crippen LogP contribution in [0, 0.1) is 18.8 Å². The van der Waals surface area contributed by atoms with E-state index in [2.05, 4.69) is 22.8 Å². The zero-order chi connectivity index (χ0) is 19.9. The zero-order valence-electron chi connectivity index (χ0n) is 16.2. The third-order valence-electron chi connectivity index (χ3n) is 5.46. The number of anilines is 1. The lowest BCUT2D eigenvalue weighted by molar-refractivity contribution is -0.128. The van der Waals surface area contributed by atoms with Gasteiger partial charge in [-0.3, -0.25) is 9.59 Å². The number of halogens is 1. The molecule has 148 valence electrons. The maximum Gasteiger partial charge on any atom is 0.227 e. The van der Waals surface area contributed by atoms with E-state index in [1.807, 2.05) is 37.3 Å². The topological polar surface area (TPSA) is 58.2 Å². The van der Waals surface area contributed by atoms with Crippen LogP contribution in [-0.4, -0.2) is 18.4 Å². The summed E-state index contributed by atoms with van der Waals surface area (Å²) in [5.41, 5.74) is 2.93. The van der Waals surface area contributed by atoms with Crippen molar-refractivity contribution in [3.8, 4) is 0 Å². The highest BCUT2D eigenvalue weighted by molar-refractivity contribution is 6.31. The maximum absolute atomic E-state index is 12.5. The fourth-order valence-electron chi connectivity index (χ4n) is 3.65. The Hall–Kier alpha value is -2.33. The summed E-state index contributed by atoms with van der Waals surface area (Å²) in [6, 6.07) is 15.7. The van der Waals surface area contributed by atoms with Crippen LogP contribution in [0.1, 0.15) is 36.8 Å². The second kappa shape index (κ2) is 9.74. The first-order valence-electron chi connectivity index (χ1n) is 9.91. The summed E-state index contributed by atoms with van der Waals surface area (Å²) in [4.78, 5) is 24.9. The van der Waals surface area contributed by atoms with Crippen LogP contribution in [0.3, 0.4) is 0 Å². The van der Waals surface area contributed by atoms with E-state index >= 15 is 0 Å². The fourth-order valence-corrected chi connectivity index (χ4v) is 3.83. The number of amides is 2. The fraction of sp³-hybridized carbons (Fsp3) is 0.391. The molecule has 28 heavy (non-hydrogen) atoms. The van der Waals surface area contributed by atoms with Crippen molar-refractivity contribution in [2.45, 2.75) is 39.0 Å². The van der Waals surface area contributed by atoms with Crippen molar-refractivity contribution in [1.29, 1.82) is 0 Å². The molecule has 2 N–H and O–H groups in total. The number of carbonyl (C=O) groups is 2. The number of carbonyl (C=O) groups excluding carboxylic acids is 2. The molecule has 3 rings (SSSR count). The van der Waals surface area contributed by atoms with Crippen LogP contribution in [0.25, 0.3) is 0 Å². The van der Waals surface area contributed by atoms with Gasteiger partial charge in [-0.1, -0.05) is 48.0 Å². The van der Waals surface area contributed by atoms with Crippen molar-refractivity contribution < 1.29 is 9.59 Å². The molecule has 0 atom stereocenters. The molecule has 0 aromatic heterocycles. The Kier molecular flexibility index (Phi) is 7.10. The van der Waals surface area contributed by atoms with Crippen molar-refractivity contribution in [3.05, 3.63) is 64.7 Å². The largest absolute Gasteiger partial charge is 0.356 e. The van der Waals surface area contributed by atoms with E-state index in [1.54, 1.807) is 6.07 Å². The summed E-state index contributed by atoms with van der Waals surface area (Å²) < 4.78 is 0. The van der Waals surface area contributed by atoms with Gasteiger partial charge in [-0.2, -0.15) is 0 Å². The first-order chi connectivity index (χ1) is 13.5. The molecule has 1 saturated carbocycles. The highest BCUT2D eigenvalue weighted by atomic mass is 35.5. The molecule has 2 aromatic carbocycles. The van der Waals surface area contributed by atoms with E-state index in [-0.39, 0.29) is 23.7 Å². The molecule has 5 heteroatoms. The number of rotatable bonds is 6. The van der Waals surface area contributed by atoms with Gasteiger partial charge in [0, 0.05) is 29.1 Å². The summed E-state index contributed by atoms with van der Waals surface area (Å²) in [6.07, 6.45) is 3.82. The Labute approximate surface area is 171 Å². The van der Waals surface area contributed by atoms with Gasteiger partial charge in [-0.05, 0) is 62.3 Å². The zero-order valence-corrected chi connectivity index (χ0v) is 17.0. The lowest BCUT2D eigenvalue weighted by Gasteiger charge is -2.27. The summed E-state index contributed by atoms with van der Waals surface area (Å²) >= 11 is 6.12. The second-order valence-electron chi connectivity index (χ2n) is 7.53. The number of aryl methyl sites for hydroxylation is 1. The SMILES string of the molecule is Cc1ccc(NC(=O)C2CCC(C(=O)NCCc3ccccc3)CC2)cc1Cl. The van der Waals surface area contributed by atoms with E-state index in [4.69, 9.17) is 11.6 Å². The Morgan fingerprint density at radius 1 is 0.964 bits per heavy atom. The molecule has 2 amide bonds. The highest BCUT2D eigenvalue weighted by Gasteiger charge is 2.29. The minimum Gasteiger partial charge on any atom is -0.356 e. The Morgan fingerprint density at radius 2 is 1.61 bits per heavy atom. The third kappa shape index (κ3) is 5.59. The maximum atomic E-state index is 12.5.